The Morgan fingerprint density at radius 2 is 1.88 bits per heavy atom. The lowest BCUT2D eigenvalue weighted by Crippen LogP contribution is -2.35. The molecule has 0 aliphatic carbocycles. The van der Waals surface area contributed by atoms with Gasteiger partial charge in [0.15, 0.2) is 11.3 Å². The predicted octanol–water partition coefficient (Wildman–Crippen LogP) is 4.63. The molecule has 11 heteroatoms. The van der Waals surface area contributed by atoms with Crippen molar-refractivity contribution in [1.29, 1.82) is 0 Å². The van der Waals surface area contributed by atoms with E-state index in [0.717, 1.165) is 63.1 Å². The van der Waals surface area contributed by atoms with Crippen LogP contribution in [-0.2, 0) is 24.3 Å². The van der Waals surface area contributed by atoms with Crippen LogP contribution >= 0.6 is 0 Å². The van der Waals surface area contributed by atoms with Crippen molar-refractivity contribution in [2.75, 3.05) is 24.6 Å². The number of halogens is 2. The molecule has 0 bridgehead atoms. The number of carboxylic acids is 1. The highest BCUT2D eigenvalue weighted by atomic mass is 19.1. The summed E-state index contributed by atoms with van der Waals surface area (Å²) < 4.78 is 40.5. The van der Waals surface area contributed by atoms with Crippen molar-refractivity contribution in [3.63, 3.8) is 0 Å². The maximum Gasteiger partial charge on any atom is 0.354 e. The van der Waals surface area contributed by atoms with Crippen molar-refractivity contribution in [3.05, 3.63) is 77.2 Å². The van der Waals surface area contributed by atoms with Crippen LogP contribution in [0.1, 0.15) is 41.1 Å². The molecule has 1 N–H and O–H groups in total. The van der Waals surface area contributed by atoms with E-state index in [0.29, 0.717) is 29.5 Å². The molecule has 0 spiro atoms. The number of carboxylic acid groups (broad SMARTS) is 1. The average Bonchev–Trinajstić information content (AvgIpc) is 3.26. The van der Waals surface area contributed by atoms with Gasteiger partial charge in [0.05, 0.1) is 12.6 Å². The monoisotopic (exact) mass is 549 g/mol. The van der Waals surface area contributed by atoms with E-state index in [9.17, 15) is 18.7 Å². The number of fused-ring (bicyclic) bond motifs is 1. The minimum Gasteiger partial charge on any atom is -0.477 e. The molecule has 5 heterocycles. The minimum atomic E-state index is -1.06. The fraction of sp³-hybridized carbons (Fsp3) is 0.379. The van der Waals surface area contributed by atoms with E-state index in [4.69, 9.17) is 14.5 Å². The zero-order chi connectivity index (χ0) is 27.6. The van der Waals surface area contributed by atoms with E-state index in [1.54, 1.807) is 12.1 Å². The number of hydrogen-bond acceptors (Lipinski definition) is 7. The van der Waals surface area contributed by atoms with Gasteiger partial charge in [-0.3, -0.25) is 0 Å². The van der Waals surface area contributed by atoms with Crippen LogP contribution in [0, 0.1) is 17.6 Å². The first-order chi connectivity index (χ1) is 19.4. The van der Waals surface area contributed by atoms with E-state index in [2.05, 4.69) is 14.9 Å². The van der Waals surface area contributed by atoms with Crippen LogP contribution in [0.4, 0.5) is 14.6 Å². The van der Waals surface area contributed by atoms with Gasteiger partial charge in [-0.2, -0.15) is 4.98 Å². The van der Waals surface area contributed by atoms with Gasteiger partial charge >= 0.3 is 5.97 Å². The maximum atomic E-state index is 13.9. The summed E-state index contributed by atoms with van der Waals surface area (Å²) in [5, 5.41) is 9.42. The van der Waals surface area contributed by atoms with Crippen LogP contribution in [0.5, 0.6) is 5.88 Å². The quantitative estimate of drug-likeness (QED) is 0.323. The third-order valence-corrected chi connectivity index (χ3v) is 7.58. The van der Waals surface area contributed by atoms with Gasteiger partial charge in [0.1, 0.15) is 35.4 Å². The molecule has 0 unspecified atom stereocenters. The molecular weight excluding hydrogens is 520 g/mol. The van der Waals surface area contributed by atoms with Crippen molar-refractivity contribution in [2.45, 2.75) is 44.9 Å². The summed E-state index contributed by atoms with van der Waals surface area (Å²) in [4.78, 5) is 27.5. The van der Waals surface area contributed by atoms with Gasteiger partial charge in [-0.15, -0.1) is 0 Å². The molecule has 208 valence electrons. The summed E-state index contributed by atoms with van der Waals surface area (Å²) in [6.07, 6.45) is 3.69. The smallest absolute Gasteiger partial charge is 0.354 e. The Morgan fingerprint density at radius 1 is 1.05 bits per heavy atom. The molecule has 2 aliphatic rings. The number of hydrogen-bond donors (Lipinski definition) is 1. The van der Waals surface area contributed by atoms with E-state index in [1.807, 2.05) is 16.7 Å². The Labute approximate surface area is 229 Å². The molecule has 0 radical (unpaired) electrons. The lowest BCUT2D eigenvalue weighted by atomic mass is 9.93. The number of nitrogens with zero attached hydrogens (tertiary/aromatic N) is 5. The molecule has 4 aromatic rings. The van der Waals surface area contributed by atoms with Crippen LogP contribution in [-0.4, -0.2) is 56.4 Å². The Bertz CT molecular complexity index is 1530. The zero-order valence-corrected chi connectivity index (χ0v) is 21.8. The molecule has 0 saturated carbocycles. The first-order valence-electron chi connectivity index (χ1n) is 13.4. The minimum absolute atomic E-state index is 0.00421. The molecule has 9 nitrogen and oxygen atoms in total. The lowest BCUT2D eigenvalue weighted by molar-refractivity contribution is -0.0591. The number of aromatic nitrogens is 4. The molecule has 6 rings (SSSR count). The van der Waals surface area contributed by atoms with Gasteiger partial charge < -0.3 is 24.0 Å². The second-order valence-electron chi connectivity index (χ2n) is 10.3. The van der Waals surface area contributed by atoms with Crippen molar-refractivity contribution in [3.8, 4) is 5.88 Å². The summed E-state index contributed by atoms with van der Waals surface area (Å²) in [6, 6.07) is 12.1. The number of carbonyl (C=O) groups is 1. The number of rotatable bonds is 9. The maximum absolute atomic E-state index is 13.9. The number of piperidine rings is 1. The van der Waals surface area contributed by atoms with E-state index >= 15 is 0 Å². The number of aromatic carboxylic acids is 1. The van der Waals surface area contributed by atoms with Gasteiger partial charge in [-0.05, 0) is 55.5 Å². The van der Waals surface area contributed by atoms with Gasteiger partial charge in [0, 0.05) is 43.8 Å². The topological polar surface area (TPSA) is 103 Å². The first kappa shape index (κ1) is 26.1. The first-order valence-corrected chi connectivity index (χ1v) is 13.4. The highest BCUT2D eigenvalue weighted by molar-refractivity contribution is 5.88. The summed E-state index contributed by atoms with van der Waals surface area (Å²) in [5.41, 5.74) is 1.55. The van der Waals surface area contributed by atoms with Crippen molar-refractivity contribution in [2.24, 2.45) is 5.92 Å². The Balaban J connectivity index is 1.11. The Kier molecular flexibility index (Phi) is 7.29. The van der Waals surface area contributed by atoms with Crippen LogP contribution in [0.2, 0.25) is 0 Å². The molecular formula is C29H29F2N5O4. The number of pyridine rings is 2. The number of imidazole rings is 1. The van der Waals surface area contributed by atoms with Crippen LogP contribution < -0.4 is 9.64 Å². The van der Waals surface area contributed by atoms with Crippen molar-refractivity contribution < 1.29 is 28.2 Å². The normalized spacial score (nSPS) is 17.6. The molecule has 2 saturated heterocycles. The van der Waals surface area contributed by atoms with Gasteiger partial charge in [0.25, 0.3) is 0 Å². The number of anilines is 1. The second-order valence-corrected chi connectivity index (χ2v) is 10.3. The molecule has 0 amide bonds. The third-order valence-electron chi connectivity index (χ3n) is 7.58. The van der Waals surface area contributed by atoms with E-state index in [1.165, 1.54) is 18.2 Å². The van der Waals surface area contributed by atoms with E-state index in [-0.39, 0.29) is 24.0 Å². The van der Waals surface area contributed by atoms with E-state index < -0.39 is 17.6 Å². The van der Waals surface area contributed by atoms with Crippen LogP contribution in [0.3, 0.4) is 0 Å². The zero-order valence-electron chi connectivity index (χ0n) is 21.8. The van der Waals surface area contributed by atoms with Gasteiger partial charge in [0.2, 0.25) is 5.88 Å². The summed E-state index contributed by atoms with van der Waals surface area (Å²) in [7, 11) is 0. The molecule has 3 aromatic heterocycles. The second kappa shape index (κ2) is 11.2. The molecule has 2 aliphatic heterocycles. The number of ether oxygens (including phenoxy) is 2. The SMILES string of the molecule is O=C(O)c1ccc2nc(CC3CCN(c4cccc(OCc5ccc(F)cc5F)n4)CC3)n(C[C@@H]3CCO3)c2n1. The molecule has 1 atom stereocenters. The van der Waals surface area contributed by atoms with Crippen LogP contribution in [0.15, 0.2) is 48.5 Å². The summed E-state index contributed by atoms with van der Waals surface area (Å²) in [6.45, 7) is 2.92. The molecule has 40 heavy (non-hydrogen) atoms. The van der Waals surface area contributed by atoms with Gasteiger partial charge in [-0.25, -0.2) is 23.5 Å². The third kappa shape index (κ3) is 5.60. The highest BCUT2D eigenvalue weighted by Crippen LogP contribution is 2.28. The summed E-state index contributed by atoms with van der Waals surface area (Å²) in [5.74, 6) is 0.130. The number of benzene rings is 1. The molecule has 2 fully saturated rings. The molecule has 1 aromatic carbocycles. The average molecular weight is 550 g/mol. The van der Waals surface area contributed by atoms with Gasteiger partial charge in [-0.1, -0.05) is 6.07 Å². The van der Waals surface area contributed by atoms with Crippen LogP contribution in [0.25, 0.3) is 11.2 Å². The fourth-order valence-corrected chi connectivity index (χ4v) is 5.22. The highest BCUT2D eigenvalue weighted by Gasteiger charge is 2.26. The largest absolute Gasteiger partial charge is 0.477 e. The predicted molar refractivity (Wildman–Crippen MR) is 142 cm³/mol. The van der Waals surface area contributed by atoms with Crippen molar-refractivity contribution in [1.82, 2.24) is 19.5 Å². The standard InChI is InChI=1S/C29H29F2N5O4/c30-20-5-4-19(22(31)15-20)17-40-27-3-1-2-25(34-27)35-11-8-18(9-12-35)14-26-32-23-6-7-24(29(37)38)33-28(23)36(26)16-21-10-13-39-21/h1-7,15,18,21H,8-14,16-17H2,(H,37,38)/t21-/m0/s1. The Morgan fingerprint density at radius 3 is 2.60 bits per heavy atom. The fourth-order valence-electron chi connectivity index (χ4n) is 5.22. The van der Waals surface area contributed by atoms with Crippen molar-refractivity contribution >= 4 is 23.0 Å². The summed E-state index contributed by atoms with van der Waals surface area (Å²) >= 11 is 0. The lowest BCUT2D eigenvalue weighted by Gasteiger charge is -2.33. The Hall–Kier alpha value is -4.12.